The molecule has 0 N–H and O–H groups in total. The van der Waals surface area contributed by atoms with Crippen molar-refractivity contribution in [3.05, 3.63) is 201 Å². The van der Waals surface area contributed by atoms with Gasteiger partial charge in [0, 0.05) is 6.20 Å². The van der Waals surface area contributed by atoms with Crippen molar-refractivity contribution in [1.82, 2.24) is 18.7 Å². The summed E-state index contributed by atoms with van der Waals surface area (Å²) in [7, 11) is 0. The van der Waals surface area contributed by atoms with Gasteiger partial charge in [-0.25, -0.2) is 4.98 Å². The topological polar surface area (TPSA) is 36.9 Å². The van der Waals surface area contributed by atoms with Crippen LogP contribution in [0, 0.1) is 3.80 Å². The Kier molecular flexibility index (Phi) is 12.8. The summed E-state index contributed by atoms with van der Waals surface area (Å²) < 4.78 is 15.8. The van der Waals surface area contributed by atoms with Crippen LogP contribution in [-0.4, -0.2) is 18.7 Å². The van der Waals surface area contributed by atoms with Gasteiger partial charge >= 0.3 is 353 Å². The number of hydrogen-bond donors (Lipinski definition) is 0. The standard InChI is InChI=1S/C69H72N4O.Pt/c1-66(2,3)48-30-34-60-58(40-48)56-33-32-53(43-63(56)73(60)64-41-49(35-36-70-64)67(4,5)6)74-52-31-29-46-23-16-17-26-59(57(46)42-52)71-44-72(62-28-19-18-27-61(62)71)65-54(45-21-14-13-15-22-45)24-20-25-55(65)47-37-50(68(7,8)9)39-51(38-47)69(10,11)12;/h13-15,18-22,24-25,27-43,59H,16-17,23,26H2,1-12H3;. The van der Waals surface area contributed by atoms with E-state index in [4.69, 9.17) is 9.72 Å². The number of para-hydroxylation sites is 3. The van der Waals surface area contributed by atoms with Gasteiger partial charge in [-0.3, -0.25) is 0 Å². The number of aryl methyl sites for hydroxylation is 1. The van der Waals surface area contributed by atoms with Crippen molar-refractivity contribution in [2.45, 2.75) is 136 Å². The van der Waals surface area contributed by atoms with E-state index in [1.165, 1.54) is 86.9 Å². The fourth-order valence-electron chi connectivity index (χ4n) is 11.3. The van der Waals surface area contributed by atoms with Crippen LogP contribution in [0.3, 0.4) is 0 Å². The van der Waals surface area contributed by atoms with Crippen LogP contribution in [0.1, 0.15) is 142 Å². The predicted octanol–water partition coefficient (Wildman–Crippen LogP) is 18.6. The summed E-state index contributed by atoms with van der Waals surface area (Å²) in [6.07, 6.45) is 6.28. The summed E-state index contributed by atoms with van der Waals surface area (Å²) in [4.78, 5) is 5.01. The van der Waals surface area contributed by atoms with E-state index in [-0.39, 0.29) is 27.7 Å². The number of benzene rings is 7. The van der Waals surface area contributed by atoms with Crippen LogP contribution in [-0.2, 0) is 47.4 Å². The van der Waals surface area contributed by atoms with E-state index in [1.807, 2.05) is 6.20 Å². The second-order valence-corrected chi connectivity index (χ2v) is 26.2. The van der Waals surface area contributed by atoms with E-state index in [0.29, 0.717) is 0 Å². The molecule has 1 atom stereocenters. The third-order valence-corrected chi connectivity index (χ3v) is 16.8. The van der Waals surface area contributed by atoms with E-state index in [1.54, 1.807) is 0 Å². The Balaban J connectivity index is 1.07. The molecule has 10 aromatic rings. The first-order chi connectivity index (χ1) is 35.6. The van der Waals surface area contributed by atoms with E-state index in [2.05, 4.69) is 274 Å². The number of aromatic nitrogens is 4. The Morgan fingerprint density at radius 1 is 0.480 bits per heavy atom. The van der Waals surface area contributed by atoms with Crippen molar-refractivity contribution in [2.75, 3.05) is 0 Å². The number of hydrogen-bond acceptors (Lipinski definition) is 2. The first-order valence-electron chi connectivity index (χ1n) is 27.0. The van der Waals surface area contributed by atoms with Crippen LogP contribution in [0.4, 0.5) is 0 Å². The van der Waals surface area contributed by atoms with Crippen LogP contribution in [0.15, 0.2) is 164 Å². The predicted molar refractivity (Wildman–Crippen MR) is 311 cm³/mol. The van der Waals surface area contributed by atoms with Gasteiger partial charge in [-0.15, -0.1) is 0 Å². The fourth-order valence-corrected chi connectivity index (χ4v) is 12.5. The van der Waals surface area contributed by atoms with E-state index < -0.39 is 0 Å². The molecule has 75 heavy (non-hydrogen) atoms. The van der Waals surface area contributed by atoms with Crippen LogP contribution in [0.2, 0.25) is 0 Å². The number of pyridine rings is 1. The molecule has 0 saturated heterocycles. The van der Waals surface area contributed by atoms with Crippen LogP contribution in [0.25, 0.3) is 66.6 Å². The van der Waals surface area contributed by atoms with Gasteiger partial charge in [0.05, 0.1) is 0 Å². The molecule has 3 heterocycles. The Bertz CT molecular complexity index is 3840. The molecule has 1 aliphatic carbocycles. The van der Waals surface area contributed by atoms with Crippen LogP contribution >= 0.6 is 0 Å². The third-order valence-electron chi connectivity index (χ3n) is 15.7. The van der Waals surface area contributed by atoms with Gasteiger partial charge in [0.1, 0.15) is 0 Å². The molecule has 6 heteroatoms. The van der Waals surface area contributed by atoms with Gasteiger partial charge in [0.15, 0.2) is 0 Å². The maximum absolute atomic E-state index is 7.06. The molecule has 0 aliphatic heterocycles. The number of nitrogens with zero attached hydrogens (tertiary/aromatic N) is 4. The Morgan fingerprint density at radius 2 is 1.11 bits per heavy atom. The van der Waals surface area contributed by atoms with Gasteiger partial charge < -0.3 is 0 Å². The Morgan fingerprint density at radius 3 is 1.80 bits per heavy atom. The average molecular weight is 1170 g/mol. The Hall–Kier alpha value is -6.55. The second kappa shape index (κ2) is 18.9. The fraction of sp³-hybridized carbons (Fsp3) is 0.304. The molecular weight excluding hydrogens is 1100 g/mol. The summed E-state index contributed by atoms with van der Waals surface area (Å²) in [6.45, 7) is 27.6. The zero-order valence-electron chi connectivity index (χ0n) is 46.0. The third kappa shape index (κ3) is 9.49. The first kappa shape index (κ1) is 50.6. The van der Waals surface area contributed by atoms with Crippen molar-refractivity contribution in [1.29, 1.82) is 0 Å². The molecule has 0 fully saturated rings. The number of imidazole rings is 1. The molecule has 1 unspecified atom stereocenters. The minimum absolute atomic E-state index is 0.00918. The molecule has 0 saturated carbocycles. The number of ether oxygens (including phenoxy) is 1. The summed E-state index contributed by atoms with van der Waals surface area (Å²) >= 11 is 2.65. The van der Waals surface area contributed by atoms with Crippen LogP contribution in [0.5, 0.6) is 11.5 Å². The molecule has 0 spiro atoms. The van der Waals surface area contributed by atoms with Crippen LogP contribution < -0.4 is 4.74 Å². The number of rotatable bonds is 7. The first-order valence-corrected chi connectivity index (χ1v) is 28.2. The van der Waals surface area contributed by atoms with Crippen molar-refractivity contribution >= 4 is 32.8 Å². The monoisotopic (exact) mass is 1170 g/mol. The van der Waals surface area contributed by atoms with Gasteiger partial charge in [-0.1, -0.05) is 47.6 Å². The van der Waals surface area contributed by atoms with E-state index in [9.17, 15) is 0 Å². The molecule has 11 rings (SSSR count). The van der Waals surface area contributed by atoms with Gasteiger partial charge in [0.2, 0.25) is 0 Å². The van der Waals surface area contributed by atoms with Crippen molar-refractivity contribution in [3.8, 4) is 45.3 Å². The molecule has 384 valence electrons. The summed E-state index contributed by atoms with van der Waals surface area (Å²) in [5.74, 6) is 2.55. The van der Waals surface area contributed by atoms with E-state index in [0.717, 1.165) is 54.0 Å². The SMILES string of the molecule is CC(C)(C)c1cc(-c2cccc(-c3ccccc3)c2-n2[c](=[Pt])n(C3CCCCc4ccc(Oc5ccc6c7cc(C(C)(C)C)ccc7n(-c7cc(C(C)(C)C)ccn7)c6c5)cc43)c3ccccc32)cc(C(C)(C)C)c1. The normalized spacial score (nSPS) is 14.7. The second-order valence-electron chi connectivity index (χ2n) is 25.2. The molecule has 0 radical (unpaired) electrons. The van der Waals surface area contributed by atoms with Gasteiger partial charge in [-0.05, 0) is 46.2 Å². The van der Waals surface area contributed by atoms with Gasteiger partial charge in [-0.2, -0.15) is 0 Å². The summed E-state index contributed by atoms with van der Waals surface area (Å²) in [5, 5.41) is 2.40. The maximum atomic E-state index is 7.06. The zero-order valence-corrected chi connectivity index (χ0v) is 48.3. The Labute approximate surface area is 455 Å². The molecule has 0 amide bonds. The molecular formula is C69H72N4OPt. The van der Waals surface area contributed by atoms with Gasteiger partial charge in [0.25, 0.3) is 0 Å². The zero-order chi connectivity index (χ0) is 52.8. The van der Waals surface area contributed by atoms with Crippen molar-refractivity contribution < 1.29 is 24.1 Å². The number of fused-ring (bicyclic) bond motifs is 5. The quantitative estimate of drug-likeness (QED) is 0.149. The minimum atomic E-state index is -0.0281. The summed E-state index contributed by atoms with van der Waals surface area (Å²) in [6, 6.07) is 59.1. The van der Waals surface area contributed by atoms with E-state index >= 15 is 0 Å². The molecule has 0 bridgehead atoms. The molecule has 1 aliphatic rings. The molecule has 7 aromatic carbocycles. The van der Waals surface area contributed by atoms with Crippen molar-refractivity contribution in [2.24, 2.45) is 0 Å². The van der Waals surface area contributed by atoms with Crippen molar-refractivity contribution in [3.63, 3.8) is 0 Å². The summed E-state index contributed by atoms with van der Waals surface area (Å²) in [5.41, 5.74) is 18.6. The molecule has 5 nitrogen and oxygen atoms in total. The molecule has 3 aromatic heterocycles. The average Bonchev–Trinajstić information content (AvgIpc) is 3.76.